The van der Waals surface area contributed by atoms with Crippen LogP contribution in [0.25, 0.3) is 0 Å². The molecule has 0 saturated heterocycles. The number of hydrogen-bond acceptors (Lipinski definition) is 3. The number of nitrogens with one attached hydrogen (secondary N) is 2. The number of anilines is 2. The van der Waals surface area contributed by atoms with Crippen LogP contribution in [0.2, 0.25) is 5.02 Å². The maximum atomic E-state index is 11.9. The Morgan fingerprint density at radius 1 is 1.30 bits per heavy atom. The van der Waals surface area contributed by atoms with Crippen LogP contribution in [0.15, 0.2) is 18.2 Å². The van der Waals surface area contributed by atoms with Crippen LogP contribution >= 0.6 is 11.6 Å². The van der Waals surface area contributed by atoms with Crippen LogP contribution in [0.5, 0.6) is 0 Å². The highest BCUT2D eigenvalue weighted by Gasteiger charge is 2.14. The summed E-state index contributed by atoms with van der Waals surface area (Å²) < 4.78 is 0. The lowest BCUT2D eigenvalue weighted by Crippen LogP contribution is -2.35. The van der Waals surface area contributed by atoms with Crippen molar-refractivity contribution >= 4 is 34.8 Å². The third kappa shape index (κ3) is 4.83. The molecule has 0 aromatic heterocycles. The minimum Gasteiger partial charge on any atom is -0.326 e. The van der Waals surface area contributed by atoms with Crippen LogP contribution in [0.3, 0.4) is 0 Å². The van der Waals surface area contributed by atoms with Crippen LogP contribution in [-0.4, -0.2) is 17.9 Å². The van der Waals surface area contributed by atoms with Crippen molar-refractivity contribution in [2.45, 2.75) is 39.2 Å². The first-order valence-electron chi connectivity index (χ1n) is 6.63. The molecule has 0 radical (unpaired) electrons. The monoisotopic (exact) mass is 297 g/mol. The molecular formula is C14H20ClN3O2. The van der Waals surface area contributed by atoms with Crippen LogP contribution in [0.4, 0.5) is 11.4 Å². The Hall–Kier alpha value is -1.59. The second-order valence-electron chi connectivity index (χ2n) is 4.48. The molecule has 110 valence electrons. The molecule has 0 heterocycles. The normalized spacial score (nSPS) is 11.8. The molecule has 1 rings (SSSR count). The molecule has 0 aliphatic carbocycles. The fraction of sp³-hybridized carbons (Fsp3) is 0.429. The Morgan fingerprint density at radius 3 is 2.60 bits per heavy atom. The van der Waals surface area contributed by atoms with E-state index in [4.69, 9.17) is 17.3 Å². The van der Waals surface area contributed by atoms with Crippen molar-refractivity contribution in [2.75, 3.05) is 10.6 Å². The van der Waals surface area contributed by atoms with Gasteiger partial charge in [0.05, 0.1) is 16.8 Å². The van der Waals surface area contributed by atoms with Gasteiger partial charge in [-0.1, -0.05) is 31.9 Å². The molecule has 0 fully saturated rings. The Morgan fingerprint density at radius 2 is 2.00 bits per heavy atom. The molecule has 0 saturated carbocycles. The number of nitrogens with two attached hydrogens (primary N) is 1. The summed E-state index contributed by atoms with van der Waals surface area (Å²) in [4.78, 5) is 23.2. The third-order valence-corrected chi connectivity index (χ3v) is 3.10. The summed E-state index contributed by atoms with van der Waals surface area (Å²) in [6.45, 7) is 3.72. The number of halogens is 1. The molecule has 6 heteroatoms. The highest BCUT2D eigenvalue weighted by molar-refractivity contribution is 6.34. The van der Waals surface area contributed by atoms with E-state index >= 15 is 0 Å². The molecule has 0 spiro atoms. The van der Waals surface area contributed by atoms with Gasteiger partial charge in [0.1, 0.15) is 0 Å². The van der Waals surface area contributed by atoms with E-state index in [1.54, 1.807) is 25.1 Å². The summed E-state index contributed by atoms with van der Waals surface area (Å²) in [5, 5.41) is 5.79. The lowest BCUT2D eigenvalue weighted by Gasteiger charge is -2.13. The molecule has 5 nitrogen and oxygen atoms in total. The minimum atomic E-state index is -0.565. The molecule has 0 aliphatic heterocycles. The van der Waals surface area contributed by atoms with Crippen molar-refractivity contribution < 1.29 is 9.59 Å². The molecular weight excluding hydrogens is 278 g/mol. The molecule has 2 amide bonds. The summed E-state index contributed by atoms with van der Waals surface area (Å²) in [6.07, 6.45) is 1.82. The summed E-state index contributed by atoms with van der Waals surface area (Å²) in [6, 6.07) is 4.35. The van der Waals surface area contributed by atoms with E-state index < -0.39 is 6.04 Å². The zero-order chi connectivity index (χ0) is 15.1. The maximum Gasteiger partial charge on any atom is 0.241 e. The number of hydrogen-bond donors (Lipinski definition) is 3. The van der Waals surface area contributed by atoms with Gasteiger partial charge in [0, 0.05) is 12.1 Å². The van der Waals surface area contributed by atoms with E-state index in [0.29, 0.717) is 29.2 Å². The standard InChI is InChI=1S/C14H20ClN3O2/c1-3-5-11(16)14(20)18-12-8-9(6-7-10(12)15)17-13(19)4-2/h6-8,11H,3-5,16H2,1-2H3,(H,17,19)(H,18,20). The van der Waals surface area contributed by atoms with Gasteiger partial charge in [0.2, 0.25) is 11.8 Å². The quantitative estimate of drug-likeness (QED) is 0.755. The van der Waals surface area contributed by atoms with Gasteiger partial charge in [-0.15, -0.1) is 0 Å². The number of benzene rings is 1. The summed E-state index contributed by atoms with van der Waals surface area (Å²) in [7, 11) is 0. The van der Waals surface area contributed by atoms with Gasteiger partial charge in [-0.25, -0.2) is 0 Å². The Balaban J connectivity index is 2.81. The highest BCUT2D eigenvalue weighted by atomic mass is 35.5. The first kappa shape index (κ1) is 16.5. The van der Waals surface area contributed by atoms with Crippen molar-refractivity contribution in [3.63, 3.8) is 0 Å². The first-order chi connectivity index (χ1) is 9.47. The van der Waals surface area contributed by atoms with Gasteiger partial charge in [-0.3, -0.25) is 9.59 Å². The van der Waals surface area contributed by atoms with E-state index in [9.17, 15) is 9.59 Å². The van der Waals surface area contributed by atoms with Crippen LogP contribution in [0.1, 0.15) is 33.1 Å². The molecule has 1 unspecified atom stereocenters. The SMILES string of the molecule is CCCC(N)C(=O)Nc1cc(NC(=O)CC)ccc1Cl. The van der Waals surface area contributed by atoms with Crippen molar-refractivity contribution in [3.8, 4) is 0 Å². The highest BCUT2D eigenvalue weighted by Crippen LogP contribution is 2.25. The predicted octanol–water partition coefficient (Wildman–Crippen LogP) is 2.75. The number of amides is 2. The van der Waals surface area contributed by atoms with Crippen molar-refractivity contribution in [3.05, 3.63) is 23.2 Å². The van der Waals surface area contributed by atoms with E-state index in [0.717, 1.165) is 6.42 Å². The molecule has 1 aromatic rings. The number of carbonyl (C=O) groups excluding carboxylic acids is 2. The summed E-state index contributed by atoms with van der Waals surface area (Å²) in [5.41, 5.74) is 6.77. The Bertz CT molecular complexity index is 491. The van der Waals surface area contributed by atoms with E-state index in [1.165, 1.54) is 0 Å². The van der Waals surface area contributed by atoms with Crippen molar-refractivity contribution in [2.24, 2.45) is 5.73 Å². The molecule has 4 N–H and O–H groups in total. The van der Waals surface area contributed by atoms with Crippen molar-refractivity contribution in [1.29, 1.82) is 0 Å². The van der Waals surface area contributed by atoms with Crippen LogP contribution in [-0.2, 0) is 9.59 Å². The van der Waals surface area contributed by atoms with Crippen LogP contribution < -0.4 is 16.4 Å². The fourth-order valence-corrected chi connectivity index (χ4v) is 1.78. The largest absolute Gasteiger partial charge is 0.326 e. The van der Waals surface area contributed by atoms with Crippen LogP contribution in [0, 0.1) is 0 Å². The summed E-state index contributed by atoms with van der Waals surface area (Å²) in [5.74, 6) is -0.389. The zero-order valence-corrected chi connectivity index (χ0v) is 12.5. The second kappa shape index (κ2) is 7.87. The van der Waals surface area contributed by atoms with Gasteiger partial charge in [0.15, 0.2) is 0 Å². The Labute approximate surface area is 123 Å². The summed E-state index contributed by atoms with van der Waals surface area (Å²) >= 11 is 6.02. The number of carbonyl (C=O) groups is 2. The topological polar surface area (TPSA) is 84.2 Å². The average Bonchev–Trinajstić information content (AvgIpc) is 2.42. The predicted molar refractivity (Wildman–Crippen MR) is 81.9 cm³/mol. The smallest absolute Gasteiger partial charge is 0.241 e. The molecule has 20 heavy (non-hydrogen) atoms. The van der Waals surface area contributed by atoms with Gasteiger partial charge in [-0.05, 0) is 24.6 Å². The second-order valence-corrected chi connectivity index (χ2v) is 4.89. The van der Waals surface area contributed by atoms with Gasteiger partial charge >= 0.3 is 0 Å². The Kier molecular flexibility index (Phi) is 6.48. The molecule has 1 aromatic carbocycles. The van der Waals surface area contributed by atoms with Gasteiger partial charge < -0.3 is 16.4 Å². The maximum absolute atomic E-state index is 11.9. The van der Waals surface area contributed by atoms with Gasteiger partial charge in [0.25, 0.3) is 0 Å². The van der Waals surface area contributed by atoms with E-state index in [2.05, 4.69) is 10.6 Å². The minimum absolute atomic E-state index is 0.104. The fourth-order valence-electron chi connectivity index (χ4n) is 1.62. The van der Waals surface area contributed by atoms with E-state index in [1.807, 2.05) is 6.92 Å². The molecule has 0 aliphatic rings. The zero-order valence-electron chi connectivity index (χ0n) is 11.7. The van der Waals surface area contributed by atoms with Crippen molar-refractivity contribution in [1.82, 2.24) is 0 Å². The lowest BCUT2D eigenvalue weighted by molar-refractivity contribution is -0.117. The van der Waals surface area contributed by atoms with E-state index in [-0.39, 0.29) is 11.8 Å². The third-order valence-electron chi connectivity index (χ3n) is 2.77. The van der Waals surface area contributed by atoms with Gasteiger partial charge in [-0.2, -0.15) is 0 Å². The molecule has 1 atom stereocenters. The average molecular weight is 298 g/mol. The first-order valence-corrected chi connectivity index (χ1v) is 7.01. The molecule has 0 bridgehead atoms. The number of rotatable bonds is 6. The lowest BCUT2D eigenvalue weighted by atomic mass is 10.1.